The lowest BCUT2D eigenvalue weighted by atomic mass is 10.1. The summed E-state index contributed by atoms with van der Waals surface area (Å²) in [5.41, 5.74) is 4.29. The van der Waals surface area contributed by atoms with Gasteiger partial charge in [0.1, 0.15) is 0 Å². The number of amides is 4. The van der Waals surface area contributed by atoms with E-state index in [9.17, 15) is 27.6 Å². The van der Waals surface area contributed by atoms with Crippen LogP contribution >= 0.6 is 0 Å². The molecule has 0 atom stereocenters. The number of aromatic nitrogens is 1. The Morgan fingerprint density at radius 3 is 2.34 bits per heavy atom. The molecule has 4 amide bonds. The molecule has 1 aliphatic heterocycles. The van der Waals surface area contributed by atoms with Gasteiger partial charge < -0.3 is 9.64 Å². The quantitative estimate of drug-likeness (QED) is 0.691. The van der Waals surface area contributed by atoms with Gasteiger partial charge in [-0.05, 0) is 29.8 Å². The number of hydrogen-bond donors (Lipinski definition) is 2. The molecule has 1 aromatic carbocycles. The zero-order valence-corrected chi connectivity index (χ0v) is 16.8. The number of morpholine rings is 1. The Bertz CT molecular complexity index is 948. The van der Waals surface area contributed by atoms with Crippen molar-refractivity contribution in [2.75, 3.05) is 31.2 Å². The standard InChI is InChI=1S/C20H20F3N5O4/c21-20(22,23)18(30)26-25-17(29)15-5-3-14(4-6-15)13-28(16-2-1-7-24-12-16)19(31)27-8-10-32-11-9-27/h1-7,12H,8-11,13H2,(H,25,29)(H,26,30). The fourth-order valence-corrected chi connectivity index (χ4v) is 2.91. The molecule has 32 heavy (non-hydrogen) atoms. The van der Waals surface area contributed by atoms with Crippen LogP contribution in [0.5, 0.6) is 0 Å². The monoisotopic (exact) mass is 451 g/mol. The maximum Gasteiger partial charge on any atom is 0.472 e. The van der Waals surface area contributed by atoms with Gasteiger partial charge in [0, 0.05) is 24.8 Å². The van der Waals surface area contributed by atoms with Crippen LogP contribution in [0.3, 0.4) is 0 Å². The SMILES string of the molecule is O=C(NNC(=O)C(F)(F)F)c1ccc(CN(C(=O)N2CCOCC2)c2cccnc2)cc1. The van der Waals surface area contributed by atoms with Crippen LogP contribution < -0.4 is 15.8 Å². The van der Waals surface area contributed by atoms with E-state index >= 15 is 0 Å². The molecule has 0 bridgehead atoms. The zero-order chi connectivity index (χ0) is 23.1. The van der Waals surface area contributed by atoms with Crippen LogP contribution in [0.1, 0.15) is 15.9 Å². The number of rotatable bonds is 4. The largest absolute Gasteiger partial charge is 0.472 e. The van der Waals surface area contributed by atoms with Crippen LogP contribution in [-0.4, -0.2) is 60.2 Å². The Balaban J connectivity index is 1.69. The second-order valence-corrected chi connectivity index (χ2v) is 6.78. The minimum absolute atomic E-state index is 0.0312. The highest BCUT2D eigenvalue weighted by molar-refractivity contribution is 5.96. The summed E-state index contributed by atoms with van der Waals surface area (Å²) in [6.07, 6.45) is -1.96. The summed E-state index contributed by atoms with van der Waals surface area (Å²) in [6.45, 7) is 1.98. The lowest BCUT2D eigenvalue weighted by molar-refractivity contribution is -0.174. The number of hydrogen-bond acceptors (Lipinski definition) is 5. The number of anilines is 1. The van der Waals surface area contributed by atoms with Crippen molar-refractivity contribution in [2.24, 2.45) is 0 Å². The number of urea groups is 1. The number of nitrogens with one attached hydrogen (secondary N) is 2. The third-order valence-electron chi connectivity index (χ3n) is 4.57. The van der Waals surface area contributed by atoms with E-state index in [4.69, 9.17) is 4.74 Å². The summed E-state index contributed by atoms with van der Waals surface area (Å²) in [6, 6.07) is 9.12. The highest BCUT2D eigenvalue weighted by atomic mass is 19.4. The first kappa shape index (κ1) is 23.0. The molecule has 0 radical (unpaired) electrons. The average Bonchev–Trinajstić information content (AvgIpc) is 2.81. The van der Waals surface area contributed by atoms with E-state index in [2.05, 4.69) is 4.98 Å². The first-order chi connectivity index (χ1) is 15.3. The van der Waals surface area contributed by atoms with E-state index in [0.717, 1.165) is 0 Å². The molecule has 12 heteroatoms. The summed E-state index contributed by atoms with van der Waals surface area (Å²) >= 11 is 0. The van der Waals surface area contributed by atoms with Crippen molar-refractivity contribution in [1.82, 2.24) is 20.7 Å². The number of alkyl halides is 3. The van der Waals surface area contributed by atoms with Crippen molar-refractivity contribution in [3.05, 3.63) is 59.9 Å². The smallest absolute Gasteiger partial charge is 0.378 e. The molecule has 1 aromatic heterocycles. The lowest BCUT2D eigenvalue weighted by Crippen LogP contribution is -2.48. The number of hydrazine groups is 1. The fraction of sp³-hybridized carbons (Fsp3) is 0.300. The van der Waals surface area contributed by atoms with Gasteiger partial charge in [-0.3, -0.25) is 30.3 Å². The predicted octanol–water partition coefficient (Wildman–Crippen LogP) is 1.86. The van der Waals surface area contributed by atoms with E-state index in [-0.39, 0.29) is 18.1 Å². The van der Waals surface area contributed by atoms with Gasteiger partial charge in [-0.25, -0.2) is 4.79 Å². The third-order valence-corrected chi connectivity index (χ3v) is 4.57. The van der Waals surface area contributed by atoms with Gasteiger partial charge in [0.2, 0.25) is 0 Å². The van der Waals surface area contributed by atoms with Crippen molar-refractivity contribution in [2.45, 2.75) is 12.7 Å². The summed E-state index contributed by atoms with van der Waals surface area (Å²) in [4.78, 5) is 43.1. The Kier molecular flexibility index (Phi) is 7.25. The first-order valence-electron chi connectivity index (χ1n) is 9.56. The second kappa shape index (κ2) is 10.1. The van der Waals surface area contributed by atoms with Gasteiger partial charge in [-0.2, -0.15) is 13.2 Å². The summed E-state index contributed by atoms with van der Waals surface area (Å²) in [5.74, 6) is -3.20. The first-order valence-corrected chi connectivity index (χ1v) is 9.56. The minimum atomic E-state index is -5.11. The number of carbonyl (C=O) groups is 3. The Morgan fingerprint density at radius 1 is 1.06 bits per heavy atom. The van der Waals surface area contributed by atoms with Crippen molar-refractivity contribution < 1.29 is 32.3 Å². The number of ether oxygens (including phenoxy) is 1. The lowest BCUT2D eigenvalue weighted by Gasteiger charge is -2.33. The molecule has 0 saturated carbocycles. The Labute approximate surface area is 181 Å². The van der Waals surface area contributed by atoms with Crippen molar-refractivity contribution in [1.29, 1.82) is 0 Å². The van der Waals surface area contributed by atoms with Crippen molar-refractivity contribution in [3.63, 3.8) is 0 Å². The van der Waals surface area contributed by atoms with Gasteiger partial charge in [0.15, 0.2) is 0 Å². The van der Waals surface area contributed by atoms with Crippen molar-refractivity contribution >= 4 is 23.5 Å². The number of benzene rings is 1. The Morgan fingerprint density at radius 2 is 1.75 bits per heavy atom. The van der Waals surface area contributed by atoms with Crippen LogP contribution in [0.4, 0.5) is 23.7 Å². The third kappa shape index (κ3) is 5.94. The van der Waals surface area contributed by atoms with Crippen LogP contribution in [0.2, 0.25) is 0 Å². The molecule has 1 fully saturated rings. The maximum absolute atomic E-state index is 13.1. The molecule has 0 aliphatic carbocycles. The number of halogens is 3. The normalized spacial score (nSPS) is 13.9. The van der Waals surface area contributed by atoms with Gasteiger partial charge >= 0.3 is 18.1 Å². The van der Waals surface area contributed by atoms with Gasteiger partial charge in [0.25, 0.3) is 5.91 Å². The van der Waals surface area contributed by atoms with Crippen LogP contribution in [0.15, 0.2) is 48.8 Å². The van der Waals surface area contributed by atoms with Crippen LogP contribution in [0, 0.1) is 0 Å². The molecule has 2 N–H and O–H groups in total. The average molecular weight is 451 g/mol. The highest BCUT2D eigenvalue weighted by Gasteiger charge is 2.39. The minimum Gasteiger partial charge on any atom is -0.378 e. The topological polar surface area (TPSA) is 104 Å². The second-order valence-electron chi connectivity index (χ2n) is 6.78. The van der Waals surface area contributed by atoms with Gasteiger partial charge in [-0.15, -0.1) is 0 Å². The van der Waals surface area contributed by atoms with Gasteiger partial charge in [0.05, 0.1) is 31.6 Å². The number of pyridine rings is 1. The van der Waals surface area contributed by atoms with E-state index in [1.54, 1.807) is 47.0 Å². The summed E-state index contributed by atoms with van der Waals surface area (Å²) in [7, 11) is 0. The van der Waals surface area contributed by atoms with E-state index < -0.39 is 18.0 Å². The molecule has 0 spiro atoms. The fourth-order valence-electron chi connectivity index (χ4n) is 2.91. The summed E-state index contributed by atoms with van der Waals surface area (Å²) in [5, 5.41) is 0. The van der Waals surface area contributed by atoms with Gasteiger partial charge in [-0.1, -0.05) is 12.1 Å². The predicted molar refractivity (Wildman–Crippen MR) is 106 cm³/mol. The van der Waals surface area contributed by atoms with Crippen LogP contribution in [-0.2, 0) is 16.1 Å². The number of carbonyl (C=O) groups excluding carboxylic acids is 3. The molecular weight excluding hydrogens is 431 g/mol. The number of nitrogens with zero attached hydrogens (tertiary/aromatic N) is 3. The Hall–Kier alpha value is -3.67. The van der Waals surface area contributed by atoms with E-state index in [1.165, 1.54) is 22.5 Å². The van der Waals surface area contributed by atoms with E-state index in [0.29, 0.717) is 37.6 Å². The molecule has 0 unspecified atom stereocenters. The molecule has 1 saturated heterocycles. The molecule has 9 nitrogen and oxygen atoms in total. The maximum atomic E-state index is 13.1. The molecular formula is C20H20F3N5O4. The van der Waals surface area contributed by atoms with Crippen molar-refractivity contribution in [3.8, 4) is 0 Å². The van der Waals surface area contributed by atoms with E-state index in [1.807, 2.05) is 0 Å². The molecule has 1 aliphatic rings. The molecule has 2 aromatic rings. The molecule has 2 heterocycles. The molecule has 170 valence electrons. The zero-order valence-electron chi connectivity index (χ0n) is 16.8. The van der Waals surface area contributed by atoms with Crippen LogP contribution in [0.25, 0.3) is 0 Å². The highest BCUT2D eigenvalue weighted by Crippen LogP contribution is 2.19. The molecule has 3 rings (SSSR count). The summed E-state index contributed by atoms with van der Waals surface area (Å²) < 4.78 is 41.9.